The predicted molar refractivity (Wildman–Crippen MR) is 65.4 cm³/mol. The van der Waals surface area contributed by atoms with Gasteiger partial charge in [-0.2, -0.15) is 0 Å². The van der Waals surface area contributed by atoms with E-state index in [1.54, 1.807) is 14.2 Å². The zero-order valence-corrected chi connectivity index (χ0v) is 9.95. The Balaban J connectivity index is 2.15. The molecule has 0 amide bonds. The highest BCUT2D eigenvalue weighted by atomic mass is 16.5. The van der Waals surface area contributed by atoms with E-state index >= 15 is 0 Å². The van der Waals surface area contributed by atoms with E-state index in [9.17, 15) is 0 Å². The average molecular weight is 221 g/mol. The van der Waals surface area contributed by atoms with E-state index in [0.717, 1.165) is 17.2 Å². The van der Waals surface area contributed by atoms with Crippen LogP contribution >= 0.6 is 0 Å². The summed E-state index contributed by atoms with van der Waals surface area (Å²) < 4.78 is 10.6. The largest absolute Gasteiger partial charge is 0.497 e. The first-order valence-corrected chi connectivity index (χ1v) is 5.82. The van der Waals surface area contributed by atoms with Crippen molar-refractivity contribution in [3.05, 3.63) is 18.2 Å². The molecule has 0 saturated heterocycles. The summed E-state index contributed by atoms with van der Waals surface area (Å²) in [6.07, 6.45) is 5.15. The van der Waals surface area contributed by atoms with Crippen LogP contribution in [0.5, 0.6) is 11.5 Å². The van der Waals surface area contributed by atoms with Gasteiger partial charge >= 0.3 is 0 Å². The summed E-state index contributed by atoms with van der Waals surface area (Å²) in [5.41, 5.74) is 1.04. The zero-order chi connectivity index (χ0) is 11.4. The summed E-state index contributed by atoms with van der Waals surface area (Å²) in [4.78, 5) is 0. The molecule has 0 aliphatic heterocycles. The van der Waals surface area contributed by atoms with Crippen LogP contribution in [0.2, 0.25) is 0 Å². The lowest BCUT2D eigenvalue weighted by atomic mass is 10.2. The van der Waals surface area contributed by atoms with Crippen molar-refractivity contribution in [3.8, 4) is 11.5 Å². The van der Waals surface area contributed by atoms with E-state index in [1.165, 1.54) is 25.7 Å². The van der Waals surface area contributed by atoms with Gasteiger partial charge in [0.1, 0.15) is 11.5 Å². The quantitative estimate of drug-likeness (QED) is 0.847. The molecule has 0 bridgehead atoms. The van der Waals surface area contributed by atoms with Crippen LogP contribution in [0, 0.1) is 0 Å². The Morgan fingerprint density at radius 2 is 1.88 bits per heavy atom. The second-order valence-corrected chi connectivity index (χ2v) is 4.19. The van der Waals surface area contributed by atoms with Crippen LogP contribution < -0.4 is 14.8 Å². The van der Waals surface area contributed by atoms with E-state index in [1.807, 2.05) is 18.2 Å². The van der Waals surface area contributed by atoms with Crippen molar-refractivity contribution in [1.29, 1.82) is 0 Å². The maximum atomic E-state index is 5.34. The lowest BCUT2D eigenvalue weighted by molar-refractivity contribution is 0.404. The third-order valence-corrected chi connectivity index (χ3v) is 3.12. The SMILES string of the molecule is COc1ccc(OC)c(NC2CCCC2)c1. The molecular weight excluding hydrogens is 202 g/mol. The highest BCUT2D eigenvalue weighted by Gasteiger charge is 2.16. The van der Waals surface area contributed by atoms with Crippen LogP contribution in [-0.4, -0.2) is 20.3 Å². The smallest absolute Gasteiger partial charge is 0.142 e. The van der Waals surface area contributed by atoms with Crippen LogP contribution in [0.1, 0.15) is 25.7 Å². The van der Waals surface area contributed by atoms with Gasteiger partial charge in [0, 0.05) is 12.1 Å². The van der Waals surface area contributed by atoms with Crippen LogP contribution in [-0.2, 0) is 0 Å². The van der Waals surface area contributed by atoms with E-state index in [2.05, 4.69) is 5.32 Å². The Labute approximate surface area is 96.8 Å². The summed E-state index contributed by atoms with van der Waals surface area (Å²) in [5, 5.41) is 3.53. The summed E-state index contributed by atoms with van der Waals surface area (Å²) in [6.45, 7) is 0. The Kier molecular flexibility index (Phi) is 3.54. The van der Waals surface area contributed by atoms with Gasteiger partial charge in [-0.3, -0.25) is 0 Å². The average Bonchev–Trinajstić information content (AvgIpc) is 2.82. The number of hydrogen-bond donors (Lipinski definition) is 1. The number of rotatable bonds is 4. The molecular formula is C13H19NO2. The molecule has 1 aromatic carbocycles. The lowest BCUT2D eigenvalue weighted by Crippen LogP contribution is -2.15. The molecule has 2 rings (SSSR count). The highest BCUT2D eigenvalue weighted by Crippen LogP contribution is 2.31. The molecule has 88 valence electrons. The fourth-order valence-electron chi connectivity index (χ4n) is 2.22. The standard InChI is InChI=1S/C13H19NO2/c1-15-11-7-8-13(16-2)12(9-11)14-10-5-3-4-6-10/h7-10,14H,3-6H2,1-2H3. The van der Waals surface area contributed by atoms with Gasteiger partial charge in [0.25, 0.3) is 0 Å². The van der Waals surface area contributed by atoms with Crippen LogP contribution in [0.4, 0.5) is 5.69 Å². The first kappa shape index (κ1) is 11.1. The minimum absolute atomic E-state index is 0.584. The van der Waals surface area contributed by atoms with Gasteiger partial charge in [-0.05, 0) is 25.0 Å². The molecule has 0 radical (unpaired) electrons. The maximum absolute atomic E-state index is 5.34. The molecule has 0 atom stereocenters. The van der Waals surface area contributed by atoms with Crippen LogP contribution in [0.3, 0.4) is 0 Å². The first-order chi connectivity index (χ1) is 7.83. The molecule has 1 N–H and O–H groups in total. The topological polar surface area (TPSA) is 30.5 Å². The minimum Gasteiger partial charge on any atom is -0.497 e. The second kappa shape index (κ2) is 5.10. The Hall–Kier alpha value is -1.38. The molecule has 3 heteroatoms. The molecule has 0 spiro atoms. The predicted octanol–water partition coefficient (Wildman–Crippen LogP) is 3.06. The van der Waals surface area contributed by atoms with Crippen LogP contribution in [0.25, 0.3) is 0 Å². The third-order valence-electron chi connectivity index (χ3n) is 3.12. The molecule has 16 heavy (non-hydrogen) atoms. The number of benzene rings is 1. The highest BCUT2D eigenvalue weighted by molar-refractivity contribution is 5.60. The van der Waals surface area contributed by atoms with Gasteiger partial charge in [-0.1, -0.05) is 12.8 Å². The van der Waals surface area contributed by atoms with Crippen molar-refractivity contribution in [2.45, 2.75) is 31.7 Å². The summed E-state index contributed by atoms with van der Waals surface area (Å²) >= 11 is 0. The number of hydrogen-bond acceptors (Lipinski definition) is 3. The minimum atomic E-state index is 0.584. The van der Waals surface area contributed by atoms with Crippen molar-refractivity contribution in [1.82, 2.24) is 0 Å². The van der Waals surface area contributed by atoms with Crippen molar-refractivity contribution < 1.29 is 9.47 Å². The molecule has 0 heterocycles. The molecule has 1 aliphatic rings. The number of anilines is 1. The fourth-order valence-corrected chi connectivity index (χ4v) is 2.22. The third kappa shape index (κ3) is 2.40. The molecule has 3 nitrogen and oxygen atoms in total. The van der Waals surface area contributed by atoms with Crippen LogP contribution in [0.15, 0.2) is 18.2 Å². The Bertz CT molecular complexity index is 346. The van der Waals surface area contributed by atoms with Crippen molar-refractivity contribution in [3.63, 3.8) is 0 Å². The van der Waals surface area contributed by atoms with Gasteiger partial charge in [0.2, 0.25) is 0 Å². The number of ether oxygens (including phenoxy) is 2. The number of methoxy groups -OCH3 is 2. The summed E-state index contributed by atoms with van der Waals surface area (Å²) in [7, 11) is 3.38. The molecule has 1 aromatic rings. The van der Waals surface area contributed by atoms with E-state index < -0.39 is 0 Å². The second-order valence-electron chi connectivity index (χ2n) is 4.19. The van der Waals surface area contributed by atoms with Gasteiger partial charge in [-0.25, -0.2) is 0 Å². The molecule has 0 aromatic heterocycles. The Morgan fingerprint density at radius 3 is 2.50 bits per heavy atom. The maximum Gasteiger partial charge on any atom is 0.142 e. The van der Waals surface area contributed by atoms with E-state index in [0.29, 0.717) is 6.04 Å². The summed E-state index contributed by atoms with van der Waals surface area (Å²) in [5.74, 6) is 1.74. The molecule has 1 aliphatic carbocycles. The number of nitrogens with one attached hydrogen (secondary N) is 1. The van der Waals surface area contributed by atoms with Gasteiger partial charge in [-0.15, -0.1) is 0 Å². The fraction of sp³-hybridized carbons (Fsp3) is 0.538. The van der Waals surface area contributed by atoms with Crippen molar-refractivity contribution >= 4 is 5.69 Å². The zero-order valence-electron chi connectivity index (χ0n) is 9.95. The van der Waals surface area contributed by atoms with E-state index in [4.69, 9.17) is 9.47 Å². The normalized spacial score (nSPS) is 16.1. The van der Waals surface area contributed by atoms with Gasteiger partial charge in [0.05, 0.1) is 19.9 Å². The molecule has 0 unspecified atom stereocenters. The lowest BCUT2D eigenvalue weighted by Gasteiger charge is -2.17. The van der Waals surface area contributed by atoms with Crippen molar-refractivity contribution in [2.75, 3.05) is 19.5 Å². The van der Waals surface area contributed by atoms with Gasteiger partial charge in [0.15, 0.2) is 0 Å². The first-order valence-electron chi connectivity index (χ1n) is 5.82. The van der Waals surface area contributed by atoms with Gasteiger partial charge < -0.3 is 14.8 Å². The molecule has 1 fully saturated rings. The van der Waals surface area contributed by atoms with E-state index in [-0.39, 0.29) is 0 Å². The Morgan fingerprint density at radius 1 is 1.12 bits per heavy atom. The monoisotopic (exact) mass is 221 g/mol. The summed E-state index contributed by atoms with van der Waals surface area (Å²) in [6, 6.07) is 6.44. The van der Waals surface area contributed by atoms with Crippen molar-refractivity contribution in [2.24, 2.45) is 0 Å². The molecule has 1 saturated carbocycles.